The van der Waals surface area contributed by atoms with Crippen molar-refractivity contribution in [3.8, 4) is 16.9 Å². The maximum Gasteiger partial charge on any atom is 0.416 e. The number of benzene rings is 3. The molecule has 1 fully saturated rings. The number of piperazine rings is 1. The molecule has 4 rings (SSSR count). The number of aromatic hydroxyl groups is 1. The molecule has 1 heterocycles. The van der Waals surface area contributed by atoms with E-state index in [1.54, 1.807) is 24.3 Å². The Hall–Kier alpha value is -3.45. The Morgan fingerprint density at radius 3 is 2.15 bits per heavy atom. The summed E-state index contributed by atoms with van der Waals surface area (Å²) >= 11 is -2.65. The van der Waals surface area contributed by atoms with E-state index in [-0.39, 0.29) is 23.7 Å². The molecule has 39 heavy (non-hydrogen) atoms. The SMILES string of the molecule is CN1CCN(CCN(c2cc(NC(=O)c3ccc(-c4ccc(C(F)(F)F)cc4)cc3)ccc2O)S(=O)[O-])CC1. The summed E-state index contributed by atoms with van der Waals surface area (Å²) in [7, 11) is 2.03. The summed E-state index contributed by atoms with van der Waals surface area (Å²) in [6.45, 7) is 4.03. The number of amides is 1. The van der Waals surface area contributed by atoms with E-state index in [2.05, 4.69) is 15.1 Å². The number of carbonyl (C=O) groups excluding carboxylic acids is 1. The summed E-state index contributed by atoms with van der Waals surface area (Å²) < 4.78 is 63.5. The van der Waals surface area contributed by atoms with Crippen molar-refractivity contribution in [1.82, 2.24) is 9.80 Å². The lowest BCUT2D eigenvalue weighted by Crippen LogP contribution is -2.47. The summed E-state index contributed by atoms with van der Waals surface area (Å²) in [5, 5.41) is 13.1. The van der Waals surface area contributed by atoms with Gasteiger partial charge in [-0.3, -0.25) is 18.2 Å². The van der Waals surface area contributed by atoms with Crippen molar-refractivity contribution in [2.75, 3.05) is 55.9 Å². The molecule has 0 spiro atoms. The lowest BCUT2D eigenvalue weighted by atomic mass is 10.0. The van der Waals surface area contributed by atoms with Crippen molar-refractivity contribution < 1.29 is 31.8 Å². The molecule has 1 aliphatic heterocycles. The van der Waals surface area contributed by atoms with Crippen molar-refractivity contribution in [3.63, 3.8) is 0 Å². The number of rotatable bonds is 8. The standard InChI is InChI=1S/C27H29F3N4O4S/c1-32-12-14-33(15-13-32)16-17-34(39(37)38)24-18-23(10-11-25(24)35)31-26(36)21-4-2-19(3-5-21)20-6-8-22(9-7-20)27(28,29)30/h2-11,18,35H,12-17H2,1H3,(H,31,36)(H,37,38)/p-1. The maximum atomic E-state index is 12.8. The van der Waals surface area contributed by atoms with Crippen LogP contribution in [0.5, 0.6) is 5.75 Å². The number of anilines is 2. The molecule has 12 heteroatoms. The van der Waals surface area contributed by atoms with Crippen LogP contribution in [-0.2, 0) is 17.4 Å². The summed E-state index contributed by atoms with van der Waals surface area (Å²) in [6.07, 6.45) is -4.42. The highest BCUT2D eigenvalue weighted by atomic mass is 32.2. The highest BCUT2D eigenvalue weighted by Crippen LogP contribution is 2.32. The number of phenolic OH excluding ortho intramolecular Hbond substituents is 1. The molecule has 1 saturated heterocycles. The molecule has 8 nitrogen and oxygen atoms in total. The summed E-state index contributed by atoms with van der Waals surface area (Å²) in [6, 6.07) is 15.2. The second kappa shape index (κ2) is 12.2. The van der Waals surface area contributed by atoms with Crippen LogP contribution in [0.3, 0.4) is 0 Å². The molecule has 2 N–H and O–H groups in total. The zero-order valence-corrected chi connectivity index (χ0v) is 22.0. The van der Waals surface area contributed by atoms with Crippen LogP contribution in [0.4, 0.5) is 24.5 Å². The fourth-order valence-electron chi connectivity index (χ4n) is 4.25. The van der Waals surface area contributed by atoms with Gasteiger partial charge in [-0.05, 0) is 60.6 Å². The zero-order chi connectivity index (χ0) is 28.2. The maximum absolute atomic E-state index is 12.8. The van der Waals surface area contributed by atoms with E-state index >= 15 is 0 Å². The van der Waals surface area contributed by atoms with E-state index in [4.69, 9.17) is 0 Å². The highest BCUT2D eigenvalue weighted by Gasteiger charge is 2.30. The Bertz CT molecular complexity index is 1310. The van der Waals surface area contributed by atoms with Crippen molar-refractivity contribution >= 4 is 28.5 Å². The number of phenols is 1. The third-order valence-corrected chi connectivity index (χ3v) is 7.33. The zero-order valence-electron chi connectivity index (χ0n) is 21.1. The highest BCUT2D eigenvalue weighted by molar-refractivity contribution is 7.80. The van der Waals surface area contributed by atoms with Crippen LogP contribution in [0.15, 0.2) is 66.7 Å². The van der Waals surface area contributed by atoms with Gasteiger partial charge in [0, 0.05) is 61.8 Å². The first-order valence-electron chi connectivity index (χ1n) is 12.2. The average Bonchev–Trinajstić information content (AvgIpc) is 2.91. The molecular weight excluding hydrogens is 533 g/mol. The van der Waals surface area contributed by atoms with Gasteiger partial charge >= 0.3 is 6.18 Å². The van der Waals surface area contributed by atoms with Crippen LogP contribution < -0.4 is 9.62 Å². The smallest absolute Gasteiger partial charge is 0.416 e. The molecule has 0 saturated carbocycles. The molecule has 1 unspecified atom stereocenters. The molecular formula is C27H28F3N4O4S-. The minimum absolute atomic E-state index is 0.0490. The average molecular weight is 562 g/mol. The summed E-state index contributed by atoms with van der Waals surface area (Å²) in [5.41, 5.74) is 1.10. The van der Waals surface area contributed by atoms with E-state index in [0.717, 1.165) is 42.6 Å². The second-order valence-corrected chi connectivity index (χ2v) is 10.1. The molecule has 0 aromatic heterocycles. The first-order valence-corrected chi connectivity index (χ1v) is 13.2. The molecule has 208 valence electrons. The first kappa shape index (κ1) is 28.6. The number of likely N-dealkylation sites (N-methyl/N-ethyl adjacent to an activating group) is 1. The molecule has 1 amide bonds. The second-order valence-electron chi connectivity index (χ2n) is 9.27. The van der Waals surface area contributed by atoms with Crippen LogP contribution in [0, 0.1) is 0 Å². The molecule has 0 aliphatic carbocycles. The fourth-order valence-corrected chi connectivity index (χ4v) is 4.79. The monoisotopic (exact) mass is 561 g/mol. The van der Waals surface area contributed by atoms with Gasteiger partial charge in [0.25, 0.3) is 5.91 Å². The van der Waals surface area contributed by atoms with Gasteiger partial charge in [-0.2, -0.15) is 13.2 Å². The first-order chi connectivity index (χ1) is 18.5. The molecule has 1 atom stereocenters. The minimum Gasteiger partial charge on any atom is -0.755 e. The molecule has 1 aliphatic rings. The normalized spacial score (nSPS) is 15.6. The Kier molecular flexibility index (Phi) is 8.90. The predicted octanol–water partition coefficient (Wildman–Crippen LogP) is 4.18. The number of hydrogen-bond donors (Lipinski definition) is 2. The van der Waals surface area contributed by atoms with E-state index < -0.39 is 28.9 Å². The quantitative estimate of drug-likeness (QED) is 0.316. The van der Waals surface area contributed by atoms with Crippen molar-refractivity contribution in [3.05, 3.63) is 77.9 Å². The Morgan fingerprint density at radius 2 is 1.59 bits per heavy atom. The van der Waals surface area contributed by atoms with Crippen LogP contribution in [0.2, 0.25) is 0 Å². The van der Waals surface area contributed by atoms with Crippen LogP contribution in [0.1, 0.15) is 15.9 Å². The topological polar surface area (TPSA) is 99.2 Å². The Morgan fingerprint density at radius 1 is 1.00 bits per heavy atom. The van der Waals surface area contributed by atoms with E-state index in [1.807, 2.05) is 7.05 Å². The van der Waals surface area contributed by atoms with Gasteiger partial charge in [0.05, 0.1) is 11.3 Å². The van der Waals surface area contributed by atoms with Crippen LogP contribution in [-0.4, -0.2) is 75.9 Å². The fraction of sp³-hybridized carbons (Fsp3) is 0.296. The lowest BCUT2D eigenvalue weighted by molar-refractivity contribution is -0.137. The number of hydrogen-bond acceptors (Lipinski definition) is 6. The molecule has 3 aromatic rings. The van der Waals surface area contributed by atoms with Gasteiger partial charge in [0.2, 0.25) is 0 Å². The van der Waals surface area contributed by atoms with Gasteiger partial charge in [0.15, 0.2) is 0 Å². The van der Waals surface area contributed by atoms with Gasteiger partial charge < -0.3 is 19.9 Å². The minimum atomic E-state index is -4.42. The third kappa shape index (κ3) is 7.35. The Balaban J connectivity index is 1.43. The van der Waals surface area contributed by atoms with Crippen molar-refractivity contribution in [1.29, 1.82) is 0 Å². The Labute approximate surface area is 227 Å². The van der Waals surface area contributed by atoms with Gasteiger partial charge in [-0.15, -0.1) is 0 Å². The van der Waals surface area contributed by atoms with Gasteiger partial charge in [0.1, 0.15) is 5.75 Å². The number of nitrogens with zero attached hydrogens (tertiary/aromatic N) is 3. The largest absolute Gasteiger partial charge is 0.755 e. The molecule has 0 bridgehead atoms. The molecule has 0 radical (unpaired) electrons. The lowest BCUT2D eigenvalue weighted by Gasteiger charge is -2.35. The number of alkyl halides is 3. The van der Waals surface area contributed by atoms with Crippen molar-refractivity contribution in [2.24, 2.45) is 0 Å². The van der Waals surface area contributed by atoms with Gasteiger partial charge in [-0.1, -0.05) is 24.3 Å². The van der Waals surface area contributed by atoms with Crippen LogP contribution >= 0.6 is 0 Å². The molecule has 3 aromatic carbocycles. The third-order valence-electron chi connectivity index (χ3n) is 6.59. The van der Waals surface area contributed by atoms with Crippen LogP contribution in [0.25, 0.3) is 11.1 Å². The number of halogens is 3. The summed E-state index contributed by atoms with van der Waals surface area (Å²) in [4.78, 5) is 17.2. The number of nitrogens with one attached hydrogen (secondary N) is 1. The summed E-state index contributed by atoms with van der Waals surface area (Å²) in [5.74, 6) is -0.714. The van der Waals surface area contributed by atoms with E-state index in [9.17, 15) is 31.8 Å². The van der Waals surface area contributed by atoms with E-state index in [1.165, 1.54) is 30.3 Å². The van der Waals surface area contributed by atoms with E-state index in [0.29, 0.717) is 23.2 Å². The number of carbonyl (C=O) groups is 1. The predicted molar refractivity (Wildman–Crippen MR) is 143 cm³/mol. The van der Waals surface area contributed by atoms with Gasteiger partial charge in [-0.25, -0.2) is 0 Å². The van der Waals surface area contributed by atoms with Crippen molar-refractivity contribution in [2.45, 2.75) is 6.18 Å².